The van der Waals surface area contributed by atoms with Gasteiger partial charge >= 0.3 is 0 Å². The first-order valence-corrected chi connectivity index (χ1v) is 12.0. The van der Waals surface area contributed by atoms with Gasteiger partial charge in [0.2, 0.25) is 0 Å². The number of aliphatic hydroxyl groups excluding tert-OH is 1. The minimum absolute atomic E-state index is 0.217. The lowest BCUT2D eigenvalue weighted by Crippen LogP contribution is -2.34. The van der Waals surface area contributed by atoms with Crippen LogP contribution in [0.5, 0.6) is 6.01 Å². The molecule has 0 saturated carbocycles. The second-order valence-corrected chi connectivity index (χ2v) is 9.64. The number of benzene rings is 1. The Bertz CT molecular complexity index is 1450. The van der Waals surface area contributed by atoms with Crippen LogP contribution in [-0.4, -0.2) is 62.8 Å². The Morgan fingerprint density at radius 1 is 1.14 bits per heavy atom. The zero-order valence-corrected chi connectivity index (χ0v) is 19.5. The third-order valence-electron chi connectivity index (χ3n) is 6.99. The Balaban J connectivity index is 1.12. The molecule has 7 rings (SSSR count). The minimum atomic E-state index is -0.659. The molecular formula is C24H21ClFN5O5. The molecule has 0 unspecified atom stereocenters. The number of hydrogen-bond donors (Lipinski definition) is 3. The standard InChI is InChI=1S/C24H21ClFN5O5/c25-13-5-16-23(31-24(29-16)36-18-9-34-20-17(32)8-33-21(18)20)30-22(13)28-15-2-1-10-3-11(4-14(26)19(10)15)12-6-27-35-7-12/h3-7,15,17-18,20-21,32H,1-2,8-9H2,(H2,28,29,30,31)/t15-,17+,18+,20+,21+/m0/s1. The Kier molecular flexibility index (Phi) is 5.14. The van der Waals surface area contributed by atoms with Crippen LogP contribution < -0.4 is 10.1 Å². The molecule has 12 heteroatoms. The average Bonchev–Trinajstić information content (AvgIpc) is 3.66. The van der Waals surface area contributed by atoms with Crippen molar-refractivity contribution in [1.29, 1.82) is 0 Å². The monoisotopic (exact) mass is 513 g/mol. The fraction of sp³-hybridized carbons (Fsp3) is 0.375. The topological polar surface area (TPSA) is 128 Å². The number of nitrogens with zero attached hydrogens (tertiary/aromatic N) is 3. The van der Waals surface area contributed by atoms with E-state index in [0.717, 1.165) is 16.7 Å². The second kappa shape index (κ2) is 8.41. The number of aryl methyl sites for hydroxylation is 1. The first kappa shape index (κ1) is 22.0. The molecule has 0 radical (unpaired) electrons. The lowest BCUT2D eigenvalue weighted by molar-refractivity contribution is 0.00706. The summed E-state index contributed by atoms with van der Waals surface area (Å²) in [6.07, 6.45) is 2.65. The Hall–Kier alpha value is -3.25. The number of H-pyrrole nitrogens is 1. The smallest absolute Gasteiger partial charge is 0.296 e. The molecule has 0 spiro atoms. The van der Waals surface area contributed by atoms with E-state index in [0.29, 0.717) is 40.4 Å². The number of aliphatic hydroxyl groups is 1. The van der Waals surface area contributed by atoms with Crippen molar-refractivity contribution in [2.24, 2.45) is 0 Å². The number of rotatable bonds is 5. The van der Waals surface area contributed by atoms with Crippen molar-refractivity contribution in [1.82, 2.24) is 20.1 Å². The van der Waals surface area contributed by atoms with Crippen LogP contribution in [0, 0.1) is 5.82 Å². The number of aromatic amines is 1. The van der Waals surface area contributed by atoms with E-state index in [9.17, 15) is 5.11 Å². The Labute approximate surface area is 208 Å². The van der Waals surface area contributed by atoms with Crippen LogP contribution in [0.25, 0.3) is 22.3 Å². The molecule has 186 valence electrons. The molecule has 1 aliphatic carbocycles. The van der Waals surface area contributed by atoms with Crippen LogP contribution in [0.15, 0.2) is 35.2 Å². The number of aromatic nitrogens is 4. The van der Waals surface area contributed by atoms with Gasteiger partial charge in [0.1, 0.15) is 36.2 Å². The molecule has 3 N–H and O–H groups in total. The van der Waals surface area contributed by atoms with Crippen LogP contribution >= 0.6 is 11.6 Å². The molecule has 2 fully saturated rings. The van der Waals surface area contributed by atoms with Gasteiger partial charge in [0.25, 0.3) is 6.01 Å². The van der Waals surface area contributed by atoms with Crippen LogP contribution in [0.4, 0.5) is 10.2 Å². The van der Waals surface area contributed by atoms with Gasteiger partial charge in [-0.25, -0.2) is 9.37 Å². The predicted octanol–water partition coefficient (Wildman–Crippen LogP) is 3.41. The van der Waals surface area contributed by atoms with Crippen molar-refractivity contribution in [3.63, 3.8) is 0 Å². The van der Waals surface area contributed by atoms with E-state index in [1.54, 1.807) is 12.3 Å². The molecule has 5 heterocycles. The van der Waals surface area contributed by atoms with E-state index in [1.807, 2.05) is 6.07 Å². The predicted molar refractivity (Wildman–Crippen MR) is 125 cm³/mol. The number of fused-ring (bicyclic) bond motifs is 3. The van der Waals surface area contributed by atoms with Gasteiger partial charge in [0.05, 0.1) is 36.0 Å². The maximum Gasteiger partial charge on any atom is 0.296 e. The Morgan fingerprint density at radius 2 is 2.03 bits per heavy atom. The number of anilines is 1. The molecule has 2 saturated heterocycles. The number of ether oxygens (including phenoxy) is 3. The van der Waals surface area contributed by atoms with Gasteiger partial charge in [-0.1, -0.05) is 22.8 Å². The number of nitrogens with one attached hydrogen (secondary N) is 2. The molecule has 5 atom stereocenters. The van der Waals surface area contributed by atoms with Crippen molar-refractivity contribution >= 4 is 28.6 Å². The van der Waals surface area contributed by atoms with Gasteiger partial charge in [-0.3, -0.25) is 0 Å². The summed E-state index contributed by atoms with van der Waals surface area (Å²) in [4.78, 5) is 12.1. The summed E-state index contributed by atoms with van der Waals surface area (Å²) < 4.78 is 37.2. The fourth-order valence-electron chi connectivity index (χ4n) is 5.28. The molecule has 4 aromatic rings. The average molecular weight is 514 g/mol. The van der Waals surface area contributed by atoms with E-state index in [2.05, 4.69) is 25.4 Å². The van der Waals surface area contributed by atoms with Crippen LogP contribution in [0.3, 0.4) is 0 Å². The highest BCUT2D eigenvalue weighted by atomic mass is 35.5. The maximum absolute atomic E-state index is 15.1. The number of pyridine rings is 1. The fourth-order valence-corrected chi connectivity index (χ4v) is 5.49. The summed E-state index contributed by atoms with van der Waals surface area (Å²) in [5.74, 6) is 0.108. The number of halogens is 2. The molecular weight excluding hydrogens is 493 g/mol. The van der Waals surface area contributed by atoms with Crippen LogP contribution in [0.2, 0.25) is 5.02 Å². The van der Waals surface area contributed by atoms with E-state index >= 15 is 4.39 Å². The van der Waals surface area contributed by atoms with E-state index in [1.165, 1.54) is 12.3 Å². The maximum atomic E-state index is 15.1. The molecule has 3 aliphatic rings. The summed E-state index contributed by atoms with van der Waals surface area (Å²) in [5.41, 5.74) is 3.99. The van der Waals surface area contributed by atoms with Gasteiger partial charge in [-0.15, -0.1) is 0 Å². The summed E-state index contributed by atoms with van der Waals surface area (Å²) in [5, 5.41) is 17.3. The molecule has 36 heavy (non-hydrogen) atoms. The number of imidazole rings is 1. The number of hydrogen-bond acceptors (Lipinski definition) is 9. The van der Waals surface area contributed by atoms with Crippen molar-refractivity contribution < 1.29 is 28.2 Å². The highest BCUT2D eigenvalue weighted by molar-refractivity contribution is 6.33. The van der Waals surface area contributed by atoms with Crippen molar-refractivity contribution in [2.75, 3.05) is 18.5 Å². The summed E-state index contributed by atoms with van der Waals surface area (Å²) >= 11 is 6.52. The Morgan fingerprint density at radius 3 is 2.89 bits per heavy atom. The van der Waals surface area contributed by atoms with E-state index < -0.39 is 18.3 Å². The SMILES string of the molecule is O[C@@H]1CO[C@H]2[C@@H]1OC[C@H]2Oc1nc2nc(N[C@H]3CCc4cc(-c5cnoc5)cc(F)c43)c(Cl)cc2[nH]1. The minimum Gasteiger partial charge on any atom is -0.456 e. The first-order chi connectivity index (χ1) is 17.5. The summed E-state index contributed by atoms with van der Waals surface area (Å²) in [7, 11) is 0. The zero-order valence-electron chi connectivity index (χ0n) is 18.8. The molecule has 0 bridgehead atoms. The third kappa shape index (κ3) is 3.62. The second-order valence-electron chi connectivity index (χ2n) is 9.23. The quantitative estimate of drug-likeness (QED) is 0.368. The molecule has 2 aliphatic heterocycles. The molecule has 3 aromatic heterocycles. The van der Waals surface area contributed by atoms with Gasteiger partial charge in [-0.2, -0.15) is 4.98 Å². The highest BCUT2D eigenvalue weighted by Gasteiger charge is 2.48. The highest BCUT2D eigenvalue weighted by Crippen LogP contribution is 2.39. The zero-order chi connectivity index (χ0) is 24.4. The van der Waals surface area contributed by atoms with Gasteiger partial charge < -0.3 is 34.1 Å². The molecule has 0 amide bonds. The summed E-state index contributed by atoms with van der Waals surface area (Å²) in [6, 6.07) is 5.13. The van der Waals surface area contributed by atoms with E-state index in [-0.39, 0.29) is 37.2 Å². The lowest BCUT2D eigenvalue weighted by atomic mass is 10.0. The van der Waals surface area contributed by atoms with E-state index in [4.69, 9.17) is 30.3 Å². The van der Waals surface area contributed by atoms with Crippen LogP contribution in [0.1, 0.15) is 23.6 Å². The van der Waals surface area contributed by atoms with Crippen molar-refractivity contribution in [3.05, 3.63) is 52.6 Å². The van der Waals surface area contributed by atoms with Gasteiger partial charge in [0.15, 0.2) is 11.8 Å². The van der Waals surface area contributed by atoms with Gasteiger partial charge in [0, 0.05) is 11.1 Å². The lowest BCUT2D eigenvalue weighted by Gasteiger charge is -2.17. The normalized spacial score (nSPS) is 26.9. The summed E-state index contributed by atoms with van der Waals surface area (Å²) in [6.45, 7) is 0.504. The van der Waals surface area contributed by atoms with Crippen molar-refractivity contribution in [3.8, 4) is 17.1 Å². The van der Waals surface area contributed by atoms with Crippen molar-refractivity contribution in [2.45, 2.75) is 43.3 Å². The van der Waals surface area contributed by atoms with Crippen LogP contribution in [-0.2, 0) is 15.9 Å². The molecule has 10 nitrogen and oxygen atoms in total. The first-order valence-electron chi connectivity index (χ1n) is 11.7. The third-order valence-corrected chi connectivity index (χ3v) is 7.28. The largest absolute Gasteiger partial charge is 0.456 e. The van der Waals surface area contributed by atoms with Gasteiger partial charge in [-0.05, 0) is 36.1 Å². The molecule has 1 aromatic carbocycles.